The van der Waals surface area contributed by atoms with Crippen LogP contribution in [0.1, 0.15) is 71.8 Å². The molecule has 0 radical (unpaired) electrons. The maximum Gasteiger partial charge on any atom is 0.273 e. The standard InChI is InChI=1S/C20H40N6O/c1-18(2,3)26-13-16(23-24-26)17(27)22-15-20(6,7)10-12-25(8)11-9-19(4,5)14-21/h13H,9-12,14-15,21H2,1-8H3,(H,22,27). The van der Waals surface area contributed by atoms with Crippen molar-refractivity contribution in [1.82, 2.24) is 25.2 Å². The highest BCUT2D eigenvalue weighted by Gasteiger charge is 2.23. The van der Waals surface area contributed by atoms with Crippen LogP contribution in [0.15, 0.2) is 6.20 Å². The van der Waals surface area contributed by atoms with Gasteiger partial charge >= 0.3 is 0 Å². The topological polar surface area (TPSA) is 89.1 Å². The first-order chi connectivity index (χ1) is 12.3. The van der Waals surface area contributed by atoms with Gasteiger partial charge in [0, 0.05) is 6.54 Å². The number of carbonyl (C=O) groups excluding carboxylic acids is 1. The molecule has 0 aliphatic carbocycles. The molecule has 27 heavy (non-hydrogen) atoms. The molecule has 1 aromatic heterocycles. The van der Waals surface area contributed by atoms with Crippen LogP contribution in [0, 0.1) is 10.8 Å². The van der Waals surface area contributed by atoms with E-state index in [0.717, 1.165) is 25.9 Å². The first-order valence-electron chi connectivity index (χ1n) is 9.85. The number of nitrogens with two attached hydrogens (primary N) is 1. The van der Waals surface area contributed by atoms with E-state index in [4.69, 9.17) is 5.73 Å². The Hall–Kier alpha value is -1.47. The number of carbonyl (C=O) groups is 1. The fourth-order valence-electron chi connectivity index (χ4n) is 2.40. The number of amides is 1. The number of hydrogen-bond acceptors (Lipinski definition) is 5. The minimum atomic E-state index is -0.187. The quantitative estimate of drug-likeness (QED) is 0.651. The van der Waals surface area contributed by atoms with Crippen molar-refractivity contribution in [2.75, 3.05) is 33.2 Å². The van der Waals surface area contributed by atoms with Crippen LogP contribution in [0.3, 0.4) is 0 Å². The molecule has 3 N–H and O–H groups in total. The van der Waals surface area contributed by atoms with Gasteiger partial charge in [-0.3, -0.25) is 4.79 Å². The molecule has 0 saturated heterocycles. The summed E-state index contributed by atoms with van der Waals surface area (Å²) >= 11 is 0. The van der Waals surface area contributed by atoms with E-state index >= 15 is 0 Å². The van der Waals surface area contributed by atoms with Crippen LogP contribution < -0.4 is 11.1 Å². The second-order valence-corrected chi connectivity index (χ2v) is 10.2. The van der Waals surface area contributed by atoms with E-state index in [-0.39, 0.29) is 22.3 Å². The van der Waals surface area contributed by atoms with Crippen molar-refractivity contribution in [3.05, 3.63) is 11.9 Å². The van der Waals surface area contributed by atoms with Gasteiger partial charge in [-0.05, 0) is 71.1 Å². The van der Waals surface area contributed by atoms with Gasteiger partial charge in [0.25, 0.3) is 5.91 Å². The summed E-state index contributed by atoms with van der Waals surface area (Å²) < 4.78 is 1.71. The maximum atomic E-state index is 12.4. The summed E-state index contributed by atoms with van der Waals surface area (Å²) in [5.41, 5.74) is 6.17. The summed E-state index contributed by atoms with van der Waals surface area (Å²) in [5, 5.41) is 11.0. The van der Waals surface area contributed by atoms with Crippen LogP contribution in [-0.2, 0) is 5.54 Å². The van der Waals surface area contributed by atoms with Gasteiger partial charge in [-0.2, -0.15) is 0 Å². The first kappa shape index (κ1) is 23.6. The van der Waals surface area contributed by atoms with E-state index in [2.05, 4.69) is 55.3 Å². The predicted molar refractivity (Wildman–Crippen MR) is 111 cm³/mol. The molecule has 1 amide bonds. The lowest BCUT2D eigenvalue weighted by atomic mass is 9.88. The number of hydrogen-bond donors (Lipinski definition) is 2. The highest BCUT2D eigenvalue weighted by Crippen LogP contribution is 2.21. The van der Waals surface area contributed by atoms with Crippen LogP contribution in [0.2, 0.25) is 0 Å². The first-order valence-corrected chi connectivity index (χ1v) is 9.85. The molecule has 0 aliphatic rings. The third-order valence-corrected chi connectivity index (χ3v) is 5.03. The summed E-state index contributed by atoms with van der Waals surface area (Å²) in [6.45, 7) is 18.2. The molecule has 0 atom stereocenters. The summed E-state index contributed by atoms with van der Waals surface area (Å²) in [6.07, 6.45) is 3.79. The Labute approximate surface area is 165 Å². The summed E-state index contributed by atoms with van der Waals surface area (Å²) in [4.78, 5) is 14.7. The van der Waals surface area contributed by atoms with Gasteiger partial charge in [-0.15, -0.1) is 5.10 Å². The Bertz CT molecular complexity index is 600. The summed E-state index contributed by atoms with van der Waals surface area (Å²) in [6, 6.07) is 0. The number of nitrogens with one attached hydrogen (secondary N) is 1. The van der Waals surface area contributed by atoms with E-state index in [1.165, 1.54) is 0 Å². The maximum absolute atomic E-state index is 12.4. The fourth-order valence-corrected chi connectivity index (χ4v) is 2.40. The van der Waals surface area contributed by atoms with Gasteiger partial charge in [0.1, 0.15) is 0 Å². The van der Waals surface area contributed by atoms with Gasteiger partial charge in [0.15, 0.2) is 5.69 Å². The Morgan fingerprint density at radius 1 is 1.11 bits per heavy atom. The Balaban J connectivity index is 2.44. The molecule has 0 aliphatic heterocycles. The molecule has 0 unspecified atom stereocenters. The van der Waals surface area contributed by atoms with E-state index in [0.29, 0.717) is 18.8 Å². The Morgan fingerprint density at radius 2 is 1.67 bits per heavy atom. The number of aromatic nitrogens is 3. The number of rotatable bonds is 10. The van der Waals surface area contributed by atoms with E-state index in [1.54, 1.807) is 10.9 Å². The molecule has 1 aromatic rings. The average Bonchev–Trinajstić information content (AvgIpc) is 3.07. The van der Waals surface area contributed by atoms with E-state index in [9.17, 15) is 4.79 Å². The van der Waals surface area contributed by atoms with Gasteiger partial charge < -0.3 is 16.0 Å². The molecule has 7 nitrogen and oxygen atoms in total. The molecule has 0 fully saturated rings. The molecule has 1 rings (SSSR count). The van der Waals surface area contributed by atoms with Gasteiger partial charge in [0.05, 0.1) is 11.7 Å². The average molecular weight is 381 g/mol. The van der Waals surface area contributed by atoms with Crippen LogP contribution >= 0.6 is 0 Å². The van der Waals surface area contributed by atoms with Gasteiger partial charge in [0.2, 0.25) is 0 Å². The van der Waals surface area contributed by atoms with Crippen molar-refractivity contribution >= 4 is 5.91 Å². The zero-order valence-corrected chi connectivity index (χ0v) is 18.6. The van der Waals surface area contributed by atoms with Crippen LogP contribution in [0.4, 0.5) is 0 Å². The third-order valence-electron chi connectivity index (χ3n) is 5.03. The Morgan fingerprint density at radius 3 is 2.15 bits per heavy atom. The smallest absolute Gasteiger partial charge is 0.273 e. The molecule has 0 spiro atoms. The zero-order chi connectivity index (χ0) is 20.9. The molecule has 0 saturated carbocycles. The lowest BCUT2D eigenvalue weighted by Gasteiger charge is -2.30. The van der Waals surface area contributed by atoms with E-state index in [1.807, 2.05) is 20.8 Å². The monoisotopic (exact) mass is 380 g/mol. The van der Waals surface area contributed by atoms with Crippen LogP contribution in [0.5, 0.6) is 0 Å². The second-order valence-electron chi connectivity index (χ2n) is 10.2. The molecular formula is C20H40N6O. The molecular weight excluding hydrogens is 340 g/mol. The predicted octanol–water partition coefficient (Wildman–Crippen LogP) is 2.49. The molecule has 1 heterocycles. The van der Waals surface area contributed by atoms with Crippen LogP contribution in [0.25, 0.3) is 0 Å². The molecule has 7 heteroatoms. The number of nitrogens with zero attached hydrogens (tertiary/aromatic N) is 4. The normalized spacial score (nSPS) is 13.3. The zero-order valence-electron chi connectivity index (χ0n) is 18.6. The minimum Gasteiger partial charge on any atom is -0.350 e. The van der Waals surface area contributed by atoms with Gasteiger partial charge in [-0.25, -0.2) is 4.68 Å². The Kier molecular flexibility index (Phi) is 7.99. The fraction of sp³-hybridized carbons (Fsp3) is 0.850. The van der Waals surface area contributed by atoms with Crippen molar-refractivity contribution in [2.45, 2.75) is 66.8 Å². The molecule has 0 aromatic carbocycles. The molecule has 0 bridgehead atoms. The lowest BCUT2D eigenvalue weighted by molar-refractivity contribution is 0.0926. The molecule has 156 valence electrons. The van der Waals surface area contributed by atoms with E-state index < -0.39 is 0 Å². The highest BCUT2D eigenvalue weighted by molar-refractivity contribution is 5.91. The summed E-state index contributed by atoms with van der Waals surface area (Å²) in [7, 11) is 2.14. The second kappa shape index (κ2) is 9.15. The van der Waals surface area contributed by atoms with Crippen molar-refractivity contribution in [3.63, 3.8) is 0 Å². The third kappa shape index (κ3) is 8.39. The largest absolute Gasteiger partial charge is 0.350 e. The van der Waals surface area contributed by atoms with Crippen molar-refractivity contribution in [1.29, 1.82) is 0 Å². The minimum absolute atomic E-state index is 0.00727. The van der Waals surface area contributed by atoms with Gasteiger partial charge in [-0.1, -0.05) is 32.9 Å². The van der Waals surface area contributed by atoms with Crippen molar-refractivity contribution in [2.24, 2.45) is 16.6 Å². The summed E-state index contributed by atoms with van der Waals surface area (Å²) in [5.74, 6) is -0.170. The SMILES string of the molecule is CN(CCC(C)(C)CN)CCC(C)(C)CNC(=O)c1cn(C(C)(C)C)nn1. The highest BCUT2D eigenvalue weighted by atomic mass is 16.2. The van der Waals surface area contributed by atoms with Crippen molar-refractivity contribution in [3.8, 4) is 0 Å². The van der Waals surface area contributed by atoms with Crippen molar-refractivity contribution < 1.29 is 4.79 Å². The lowest BCUT2D eigenvalue weighted by Crippen LogP contribution is -2.37. The van der Waals surface area contributed by atoms with Crippen LogP contribution in [-0.4, -0.2) is 59.0 Å².